The van der Waals surface area contributed by atoms with Gasteiger partial charge in [-0.25, -0.2) is 9.67 Å². The van der Waals surface area contributed by atoms with Gasteiger partial charge in [0.15, 0.2) is 5.82 Å². The van der Waals surface area contributed by atoms with Crippen LogP contribution in [0.1, 0.15) is 28.7 Å². The number of nitrogens with zero attached hydrogens (tertiary/aromatic N) is 3. The summed E-state index contributed by atoms with van der Waals surface area (Å²) in [5.74, 6) is 0.266. The molecule has 1 aromatic heterocycles. The Hall–Kier alpha value is -2.96. The van der Waals surface area contributed by atoms with E-state index >= 15 is 0 Å². The monoisotopic (exact) mass is 494 g/mol. The lowest BCUT2D eigenvalue weighted by molar-refractivity contribution is 0.101. The van der Waals surface area contributed by atoms with Crippen molar-refractivity contribution in [3.8, 4) is 17.1 Å². The van der Waals surface area contributed by atoms with Crippen LogP contribution in [0, 0.1) is 6.92 Å². The van der Waals surface area contributed by atoms with Crippen molar-refractivity contribution in [1.29, 1.82) is 0 Å². The van der Waals surface area contributed by atoms with Gasteiger partial charge in [-0.3, -0.25) is 4.79 Å². The van der Waals surface area contributed by atoms with Crippen LogP contribution in [-0.2, 0) is 6.42 Å². The van der Waals surface area contributed by atoms with Crippen molar-refractivity contribution in [3.05, 3.63) is 93.2 Å². The normalized spacial score (nSPS) is 10.8. The fourth-order valence-corrected chi connectivity index (χ4v) is 3.61. The number of amides is 1. The second-order valence-corrected chi connectivity index (χ2v) is 8.47. The van der Waals surface area contributed by atoms with E-state index in [4.69, 9.17) is 11.6 Å². The predicted octanol–water partition coefficient (Wildman–Crippen LogP) is 6.47. The molecule has 0 fully saturated rings. The fraction of sp³-hybridized carbons (Fsp3) is 0.125. The summed E-state index contributed by atoms with van der Waals surface area (Å²) in [6, 6.07) is 21.0. The number of carbonyl (C=O) groups is 1. The SMILES string of the molecule is CCc1ccc(NC(=O)c2nc(-c3ccc(Br)cc3)n(-c3cc(Cl)ccc3C)n2)cc1. The van der Waals surface area contributed by atoms with Crippen LogP contribution in [0.2, 0.25) is 5.02 Å². The summed E-state index contributed by atoms with van der Waals surface area (Å²) in [5, 5.41) is 7.99. The van der Waals surface area contributed by atoms with E-state index in [-0.39, 0.29) is 11.7 Å². The molecule has 5 nitrogen and oxygen atoms in total. The summed E-state index contributed by atoms with van der Waals surface area (Å²) in [5.41, 5.74) is 4.47. The molecular formula is C24H20BrClN4O. The lowest BCUT2D eigenvalue weighted by atomic mass is 10.1. The predicted molar refractivity (Wildman–Crippen MR) is 128 cm³/mol. The molecular weight excluding hydrogens is 476 g/mol. The number of hydrogen-bond donors (Lipinski definition) is 1. The number of halogens is 2. The zero-order chi connectivity index (χ0) is 22.0. The maximum Gasteiger partial charge on any atom is 0.295 e. The number of rotatable bonds is 5. The highest BCUT2D eigenvalue weighted by molar-refractivity contribution is 9.10. The first-order valence-electron chi connectivity index (χ1n) is 9.84. The van der Waals surface area contributed by atoms with E-state index in [0.29, 0.717) is 16.5 Å². The van der Waals surface area contributed by atoms with E-state index < -0.39 is 0 Å². The van der Waals surface area contributed by atoms with Gasteiger partial charge in [-0.2, -0.15) is 0 Å². The minimum Gasteiger partial charge on any atom is -0.319 e. The molecule has 31 heavy (non-hydrogen) atoms. The van der Waals surface area contributed by atoms with Crippen LogP contribution in [0.5, 0.6) is 0 Å². The maximum atomic E-state index is 12.9. The summed E-state index contributed by atoms with van der Waals surface area (Å²) < 4.78 is 2.62. The van der Waals surface area contributed by atoms with Gasteiger partial charge < -0.3 is 5.32 Å². The van der Waals surface area contributed by atoms with Crippen LogP contribution < -0.4 is 5.32 Å². The van der Waals surface area contributed by atoms with Crippen molar-refractivity contribution >= 4 is 39.1 Å². The van der Waals surface area contributed by atoms with Crippen LogP contribution in [0.3, 0.4) is 0 Å². The number of aromatic nitrogens is 3. The van der Waals surface area contributed by atoms with Crippen LogP contribution in [0.25, 0.3) is 17.1 Å². The Labute approximate surface area is 194 Å². The minimum atomic E-state index is -0.374. The third-order valence-electron chi connectivity index (χ3n) is 4.93. The Morgan fingerprint density at radius 1 is 1.06 bits per heavy atom. The van der Waals surface area contributed by atoms with Crippen molar-refractivity contribution in [3.63, 3.8) is 0 Å². The van der Waals surface area contributed by atoms with Gasteiger partial charge in [0.05, 0.1) is 5.69 Å². The zero-order valence-electron chi connectivity index (χ0n) is 17.1. The van der Waals surface area contributed by atoms with Gasteiger partial charge in [-0.1, -0.05) is 64.8 Å². The van der Waals surface area contributed by atoms with Crippen LogP contribution in [0.15, 0.2) is 71.2 Å². The first-order chi connectivity index (χ1) is 14.9. The summed E-state index contributed by atoms with van der Waals surface area (Å²) >= 11 is 9.69. The van der Waals surface area contributed by atoms with Gasteiger partial charge >= 0.3 is 0 Å². The molecule has 156 valence electrons. The molecule has 0 aliphatic rings. The molecule has 0 atom stereocenters. The molecule has 0 unspecified atom stereocenters. The molecule has 7 heteroatoms. The summed E-state index contributed by atoms with van der Waals surface area (Å²) in [6.45, 7) is 4.05. The Morgan fingerprint density at radius 3 is 2.45 bits per heavy atom. The van der Waals surface area contributed by atoms with Gasteiger partial charge in [0.2, 0.25) is 5.82 Å². The van der Waals surface area contributed by atoms with Gasteiger partial charge in [-0.05, 0) is 60.9 Å². The molecule has 4 rings (SSSR count). The zero-order valence-corrected chi connectivity index (χ0v) is 19.4. The Balaban J connectivity index is 1.76. The van der Waals surface area contributed by atoms with Gasteiger partial charge in [-0.15, -0.1) is 5.10 Å². The van der Waals surface area contributed by atoms with Crippen molar-refractivity contribution < 1.29 is 4.79 Å². The number of anilines is 1. The molecule has 0 saturated carbocycles. The Bertz CT molecular complexity index is 1230. The summed E-state index contributed by atoms with van der Waals surface area (Å²) in [6.07, 6.45) is 0.940. The van der Waals surface area contributed by atoms with E-state index in [1.807, 2.05) is 73.7 Å². The van der Waals surface area contributed by atoms with Crippen molar-refractivity contribution in [2.75, 3.05) is 5.32 Å². The lowest BCUT2D eigenvalue weighted by Gasteiger charge is -2.09. The van der Waals surface area contributed by atoms with Crippen LogP contribution in [-0.4, -0.2) is 20.7 Å². The molecule has 0 spiro atoms. The van der Waals surface area contributed by atoms with Gasteiger partial charge in [0.1, 0.15) is 0 Å². The molecule has 1 N–H and O–H groups in total. The number of hydrogen-bond acceptors (Lipinski definition) is 3. The van der Waals surface area contributed by atoms with E-state index in [9.17, 15) is 4.79 Å². The summed E-state index contributed by atoms with van der Waals surface area (Å²) in [4.78, 5) is 17.5. The lowest BCUT2D eigenvalue weighted by Crippen LogP contribution is -2.14. The first-order valence-corrected chi connectivity index (χ1v) is 11.0. The van der Waals surface area contributed by atoms with Crippen LogP contribution in [0.4, 0.5) is 5.69 Å². The van der Waals surface area contributed by atoms with Crippen LogP contribution >= 0.6 is 27.5 Å². The molecule has 3 aromatic carbocycles. The smallest absolute Gasteiger partial charge is 0.295 e. The highest BCUT2D eigenvalue weighted by Crippen LogP contribution is 2.26. The second-order valence-electron chi connectivity index (χ2n) is 7.11. The maximum absolute atomic E-state index is 12.9. The molecule has 0 saturated heterocycles. The van der Waals surface area contributed by atoms with E-state index in [1.165, 1.54) is 5.56 Å². The van der Waals surface area contributed by atoms with Crippen molar-refractivity contribution in [1.82, 2.24) is 14.8 Å². The molecule has 0 aliphatic heterocycles. The third kappa shape index (κ3) is 4.70. The van der Waals surface area contributed by atoms with Gasteiger partial charge in [0.25, 0.3) is 5.91 Å². The van der Waals surface area contributed by atoms with E-state index in [1.54, 1.807) is 4.68 Å². The van der Waals surface area contributed by atoms with E-state index in [0.717, 1.165) is 27.7 Å². The Kier molecular flexibility index (Phi) is 6.20. The Morgan fingerprint density at radius 2 is 1.77 bits per heavy atom. The van der Waals surface area contributed by atoms with Gasteiger partial charge in [0, 0.05) is 20.7 Å². The minimum absolute atomic E-state index is 0.0804. The highest BCUT2D eigenvalue weighted by atomic mass is 79.9. The molecule has 0 radical (unpaired) electrons. The number of aryl methyl sites for hydroxylation is 2. The molecule has 1 amide bonds. The van der Waals surface area contributed by atoms with E-state index in [2.05, 4.69) is 38.3 Å². The topological polar surface area (TPSA) is 59.8 Å². The first kappa shape index (κ1) is 21.3. The molecule has 1 heterocycles. The largest absolute Gasteiger partial charge is 0.319 e. The van der Waals surface area contributed by atoms with Crippen molar-refractivity contribution in [2.24, 2.45) is 0 Å². The molecule has 4 aromatic rings. The average Bonchev–Trinajstić information content (AvgIpc) is 3.22. The average molecular weight is 496 g/mol. The second kappa shape index (κ2) is 9.04. The third-order valence-corrected chi connectivity index (χ3v) is 5.70. The summed E-state index contributed by atoms with van der Waals surface area (Å²) in [7, 11) is 0. The molecule has 0 bridgehead atoms. The number of benzene rings is 3. The number of carbonyl (C=O) groups excluding carboxylic acids is 1. The standard InChI is InChI=1S/C24H20BrClN4O/c1-3-16-5-12-20(13-6-16)27-24(31)22-28-23(17-7-9-18(25)10-8-17)30(29-22)21-14-19(26)11-4-15(21)2/h4-14H,3H2,1-2H3,(H,27,31). The fourth-order valence-electron chi connectivity index (χ4n) is 3.18. The number of nitrogens with one attached hydrogen (secondary N) is 1. The molecule has 0 aliphatic carbocycles. The highest BCUT2D eigenvalue weighted by Gasteiger charge is 2.20. The quantitative estimate of drug-likeness (QED) is 0.345. The van der Waals surface area contributed by atoms with Crippen molar-refractivity contribution in [2.45, 2.75) is 20.3 Å².